The maximum absolute atomic E-state index is 14.7. The van der Waals surface area contributed by atoms with Gasteiger partial charge in [0.15, 0.2) is 24.5 Å². The van der Waals surface area contributed by atoms with Crippen molar-refractivity contribution in [2.75, 3.05) is 20.3 Å². The van der Waals surface area contributed by atoms with Gasteiger partial charge in [0, 0.05) is 7.11 Å². The number of Topliss-reactive ketones (excluding diaryl/α,β-unsaturated/α-hetero) is 1. The molecule has 0 saturated carbocycles. The number of hydrogen-bond donors (Lipinski definition) is 0. The van der Waals surface area contributed by atoms with E-state index in [4.69, 9.17) is 47.4 Å². The molecule has 2 fully saturated rings. The molecule has 66 heavy (non-hydrogen) atoms. The van der Waals surface area contributed by atoms with Gasteiger partial charge in [0.25, 0.3) is 0 Å². The van der Waals surface area contributed by atoms with E-state index in [1.165, 1.54) is 0 Å². The number of hydrogen-bond acceptors (Lipinski definition) is 11. The van der Waals surface area contributed by atoms with Gasteiger partial charge in [0.1, 0.15) is 36.6 Å². The molecular weight excluding hydrogens is 837 g/mol. The number of carbonyl (C=O) groups excluding carboxylic acids is 1. The summed E-state index contributed by atoms with van der Waals surface area (Å²) in [6, 6.07) is 58.9. The van der Waals surface area contributed by atoms with Gasteiger partial charge in [-0.1, -0.05) is 182 Å². The van der Waals surface area contributed by atoms with Gasteiger partial charge in [0.05, 0.1) is 52.9 Å². The first kappa shape index (κ1) is 47.1. The molecule has 2 saturated heterocycles. The molecule has 2 aliphatic rings. The maximum Gasteiger partial charge on any atom is 0.195 e. The zero-order valence-corrected chi connectivity index (χ0v) is 37.2. The largest absolute Gasteiger partial charge is 0.374 e. The number of rotatable bonds is 23. The predicted octanol–water partition coefficient (Wildman–Crippen LogP) is 8.81. The van der Waals surface area contributed by atoms with Crippen LogP contribution in [0, 0.1) is 0 Å². The van der Waals surface area contributed by atoms with Crippen LogP contribution in [0.3, 0.4) is 0 Å². The average molecular weight is 895 g/mol. The molecule has 2 heterocycles. The van der Waals surface area contributed by atoms with Crippen molar-refractivity contribution in [3.63, 3.8) is 0 Å². The Balaban J connectivity index is 1.15. The second-order valence-electron chi connectivity index (χ2n) is 16.3. The highest BCUT2D eigenvalue weighted by Gasteiger charge is 2.54. The Morgan fingerprint density at radius 2 is 0.773 bits per heavy atom. The molecule has 0 unspecified atom stereocenters. The molecule has 0 amide bonds. The van der Waals surface area contributed by atoms with Crippen LogP contribution in [0.1, 0.15) is 33.4 Å². The smallest absolute Gasteiger partial charge is 0.195 e. The van der Waals surface area contributed by atoms with Crippen molar-refractivity contribution in [1.29, 1.82) is 0 Å². The van der Waals surface area contributed by atoms with Crippen LogP contribution in [0.4, 0.5) is 0 Å². The first-order chi connectivity index (χ1) is 32.6. The minimum atomic E-state index is -1.19. The SMILES string of the molecule is CO[C@H]1O[C@H](COCc2ccccc2)[C@H](O[C@H]2O[C@H](COCc3ccccc3)C(=O)[C@H](OCc3ccccc3)[C@H]2OCc2ccccc2)[C@H](OCc2ccccc2)[C@H]1OCc1ccccc1. The van der Waals surface area contributed by atoms with E-state index in [-0.39, 0.29) is 52.0 Å². The summed E-state index contributed by atoms with van der Waals surface area (Å²) in [5.74, 6) is -0.320. The Bertz CT molecular complexity index is 2270. The van der Waals surface area contributed by atoms with Gasteiger partial charge in [0.2, 0.25) is 0 Å². The Morgan fingerprint density at radius 3 is 1.21 bits per heavy atom. The van der Waals surface area contributed by atoms with Crippen molar-refractivity contribution in [3.8, 4) is 0 Å². The van der Waals surface area contributed by atoms with Crippen molar-refractivity contribution >= 4 is 5.78 Å². The first-order valence-electron chi connectivity index (χ1n) is 22.5. The number of carbonyl (C=O) groups is 1. The normalized spacial score (nSPS) is 24.3. The molecule has 6 aromatic rings. The molecule has 9 atom stereocenters. The standard InChI is InChI=1S/C55H58O11/c1-57-54-53(63-37-45-30-18-7-19-31-45)51(61-35-43-26-14-5-15-27-43)49(47(65-54)39-59-33-41-22-10-3-11-23-41)66-55-52(62-36-44-28-16-6-17-29-44)50(60-34-42-24-12-4-13-25-42)48(56)46(64-55)38-58-32-40-20-8-2-9-21-40/h2-31,46-47,49-55H,32-39H2,1H3/t46-,47-,49+,50+,51+,52-,53-,54+,55-/m1/s1. The molecule has 2 aliphatic heterocycles. The van der Waals surface area contributed by atoms with Gasteiger partial charge in [-0.2, -0.15) is 0 Å². The molecule has 6 aromatic carbocycles. The van der Waals surface area contributed by atoms with Crippen molar-refractivity contribution in [3.05, 3.63) is 215 Å². The fourth-order valence-corrected chi connectivity index (χ4v) is 8.04. The van der Waals surface area contributed by atoms with E-state index in [0.717, 1.165) is 33.4 Å². The Labute approximate surface area is 387 Å². The number of benzene rings is 6. The van der Waals surface area contributed by atoms with Gasteiger partial charge in [-0.05, 0) is 33.4 Å². The third-order valence-electron chi connectivity index (χ3n) is 11.5. The first-order valence-corrected chi connectivity index (χ1v) is 22.5. The van der Waals surface area contributed by atoms with Gasteiger partial charge in [-0.3, -0.25) is 4.79 Å². The summed E-state index contributed by atoms with van der Waals surface area (Å²) >= 11 is 0. The van der Waals surface area contributed by atoms with Crippen LogP contribution in [0.15, 0.2) is 182 Å². The maximum atomic E-state index is 14.7. The van der Waals surface area contributed by atoms with Crippen molar-refractivity contribution in [1.82, 2.24) is 0 Å². The van der Waals surface area contributed by atoms with E-state index in [1.807, 2.05) is 182 Å². The number of methoxy groups -OCH3 is 1. The average Bonchev–Trinajstić information content (AvgIpc) is 3.37. The third-order valence-corrected chi connectivity index (χ3v) is 11.5. The van der Waals surface area contributed by atoms with Gasteiger partial charge in [-0.15, -0.1) is 0 Å². The highest BCUT2D eigenvalue weighted by atomic mass is 16.8. The lowest BCUT2D eigenvalue weighted by Gasteiger charge is -2.48. The quantitative estimate of drug-likeness (QED) is 0.0616. The van der Waals surface area contributed by atoms with Crippen LogP contribution in [0.5, 0.6) is 0 Å². The van der Waals surface area contributed by atoms with Crippen LogP contribution in [0.2, 0.25) is 0 Å². The monoisotopic (exact) mass is 894 g/mol. The number of ketones is 1. The fourth-order valence-electron chi connectivity index (χ4n) is 8.04. The summed E-state index contributed by atoms with van der Waals surface area (Å²) in [5.41, 5.74) is 5.65. The van der Waals surface area contributed by atoms with Crippen molar-refractivity contribution in [2.24, 2.45) is 0 Å². The van der Waals surface area contributed by atoms with Gasteiger partial charge >= 0.3 is 0 Å². The molecular formula is C55H58O11. The van der Waals surface area contributed by atoms with Crippen LogP contribution in [-0.2, 0) is 91.8 Å². The highest BCUT2D eigenvalue weighted by molar-refractivity contribution is 5.89. The van der Waals surface area contributed by atoms with Crippen molar-refractivity contribution in [2.45, 2.75) is 94.9 Å². The van der Waals surface area contributed by atoms with E-state index in [1.54, 1.807) is 7.11 Å². The van der Waals surface area contributed by atoms with Crippen LogP contribution >= 0.6 is 0 Å². The zero-order valence-electron chi connectivity index (χ0n) is 37.2. The molecule has 11 nitrogen and oxygen atoms in total. The summed E-state index contributed by atoms with van der Waals surface area (Å²) in [7, 11) is 1.58. The molecule has 0 spiro atoms. The van der Waals surface area contributed by atoms with Crippen LogP contribution < -0.4 is 0 Å². The third kappa shape index (κ3) is 13.4. The lowest BCUT2D eigenvalue weighted by Crippen LogP contribution is -2.65. The molecule has 0 N–H and O–H groups in total. The van der Waals surface area contributed by atoms with E-state index in [9.17, 15) is 4.79 Å². The Morgan fingerprint density at radius 1 is 0.394 bits per heavy atom. The molecule has 0 bridgehead atoms. The topological polar surface area (TPSA) is 109 Å². The number of ether oxygens (including phenoxy) is 10. The Kier molecular flexibility index (Phi) is 17.8. The predicted molar refractivity (Wildman–Crippen MR) is 246 cm³/mol. The molecule has 344 valence electrons. The van der Waals surface area contributed by atoms with Crippen LogP contribution in [-0.4, -0.2) is 81.4 Å². The molecule has 0 radical (unpaired) electrons. The van der Waals surface area contributed by atoms with Crippen molar-refractivity contribution < 1.29 is 52.2 Å². The van der Waals surface area contributed by atoms with Gasteiger partial charge in [-0.25, -0.2) is 0 Å². The lowest BCUT2D eigenvalue weighted by atomic mass is 9.96. The second-order valence-corrected chi connectivity index (χ2v) is 16.3. The summed E-state index contributed by atoms with van der Waals surface area (Å²) in [5, 5.41) is 0. The summed E-state index contributed by atoms with van der Waals surface area (Å²) in [6.07, 6.45) is -8.61. The zero-order chi connectivity index (χ0) is 45.2. The lowest BCUT2D eigenvalue weighted by molar-refractivity contribution is -0.358. The van der Waals surface area contributed by atoms with Gasteiger partial charge < -0.3 is 47.4 Å². The molecule has 11 heteroatoms. The summed E-state index contributed by atoms with van der Waals surface area (Å²) in [6.45, 7) is 1.39. The summed E-state index contributed by atoms with van der Waals surface area (Å²) < 4.78 is 66.4. The highest BCUT2D eigenvalue weighted by Crippen LogP contribution is 2.35. The minimum absolute atomic E-state index is 0.0581. The fraction of sp³-hybridized carbons (Fsp3) is 0.327. The second kappa shape index (κ2) is 24.9. The Hall–Kier alpha value is -5.41. The molecule has 8 rings (SSSR count). The minimum Gasteiger partial charge on any atom is -0.374 e. The van der Waals surface area contributed by atoms with E-state index >= 15 is 0 Å². The van der Waals surface area contributed by atoms with Crippen LogP contribution in [0.25, 0.3) is 0 Å². The molecule has 0 aliphatic carbocycles. The molecule has 0 aromatic heterocycles. The van der Waals surface area contributed by atoms with E-state index < -0.39 is 55.3 Å². The van der Waals surface area contributed by atoms with E-state index in [2.05, 4.69) is 0 Å². The summed E-state index contributed by atoms with van der Waals surface area (Å²) in [4.78, 5) is 14.7. The van der Waals surface area contributed by atoms with E-state index in [0.29, 0.717) is 6.61 Å².